The topological polar surface area (TPSA) is 81.4 Å². The van der Waals surface area contributed by atoms with E-state index in [0.29, 0.717) is 0 Å². The van der Waals surface area contributed by atoms with Crippen molar-refractivity contribution in [1.29, 1.82) is 0 Å². The number of para-hydroxylation sites is 2. The fourth-order valence-electron chi connectivity index (χ4n) is 2.36. The van der Waals surface area contributed by atoms with Crippen molar-refractivity contribution in [3.8, 4) is 5.69 Å². The second-order valence-electron chi connectivity index (χ2n) is 5.41. The van der Waals surface area contributed by atoms with E-state index < -0.39 is 0 Å². The van der Waals surface area contributed by atoms with Crippen LogP contribution in [-0.4, -0.2) is 30.4 Å². The van der Waals surface area contributed by atoms with Gasteiger partial charge < -0.3 is 5.32 Å². The maximum absolute atomic E-state index is 4.26. The molecule has 7 nitrogen and oxygen atoms in total. The largest absolute Gasteiger partial charge is 0.330 e. The lowest BCUT2D eigenvalue weighted by atomic mass is 10.3. The maximum Gasteiger partial charge on any atom is 0.210 e. The molecule has 26 heavy (non-hydrogen) atoms. The van der Waals surface area contributed by atoms with Crippen LogP contribution in [0.4, 0.5) is 10.8 Å². The molecule has 0 radical (unpaired) electrons. The molecular formula is C17H15N7S2. The van der Waals surface area contributed by atoms with Gasteiger partial charge in [0.2, 0.25) is 5.13 Å². The van der Waals surface area contributed by atoms with E-state index in [4.69, 9.17) is 0 Å². The first-order chi connectivity index (χ1) is 12.8. The summed E-state index contributed by atoms with van der Waals surface area (Å²) in [4.78, 5) is 0. The van der Waals surface area contributed by atoms with Gasteiger partial charge in [-0.25, -0.2) is 0 Å². The van der Waals surface area contributed by atoms with Crippen molar-refractivity contribution in [2.45, 2.75) is 16.5 Å². The molecule has 1 atom stereocenters. The van der Waals surface area contributed by atoms with E-state index in [1.54, 1.807) is 16.4 Å². The summed E-state index contributed by atoms with van der Waals surface area (Å²) in [6.45, 7) is 2.06. The summed E-state index contributed by atoms with van der Waals surface area (Å²) >= 11 is 3.09. The number of nitrogens with one attached hydrogen (secondary N) is 1. The fraction of sp³-hybridized carbons (Fsp3) is 0.118. The SMILES string of the molecule is C[C@@H](Sc1nnc(Nc2ccccc2)s1)c1nnnn1-c1ccccc1. The van der Waals surface area contributed by atoms with E-state index in [2.05, 4.69) is 38.0 Å². The van der Waals surface area contributed by atoms with E-state index in [1.165, 1.54) is 11.3 Å². The van der Waals surface area contributed by atoms with Gasteiger partial charge in [-0.2, -0.15) is 4.68 Å². The smallest absolute Gasteiger partial charge is 0.210 e. The predicted molar refractivity (Wildman–Crippen MR) is 103 cm³/mol. The third kappa shape index (κ3) is 3.73. The van der Waals surface area contributed by atoms with Crippen molar-refractivity contribution in [1.82, 2.24) is 30.4 Å². The maximum atomic E-state index is 4.26. The Kier molecular flexibility index (Phi) is 4.89. The first-order valence-electron chi connectivity index (χ1n) is 7.95. The van der Waals surface area contributed by atoms with Gasteiger partial charge in [-0.1, -0.05) is 59.5 Å². The van der Waals surface area contributed by atoms with Crippen LogP contribution in [0.3, 0.4) is 0 Å². The second-order valence-corrected chi connectivity index (χ2v) is 7.97. The minimum Gasteiger partial charge on any atom is -0.330 e. The summed E-state index contributed by atoms with van der Waals surface area (Å²) in [5, 5.41) is 24.6. The molecule has 0 aliphatic rings. The van der Waals surface area contributed by atoms with E-state index in [-0.39, 0.29) is 5.25 Å². The van der Waals surface area contributed by atoms with Gasteiger partial charge in [0.05, 0.1) is 10.9 Å². The molecule has 2 heterocycles. The normalized spacial score (nSPS) is 12.0. The molecular weight excluding hydrogens is 366 g/mol. The molecule has 0 saturated carbocycles. The van der Waals surface area contributed by atoms with Gasteiger partial charge in [0.1, 0.15) is 0 Å². The second kappa shape index (κ2) is 7.63. The van der Waals surface area contributed by atoms with Crippen molar-refractivity contribution >= 4 is 33.9 Å². The lowest BCUT2D eigenvalue weighted by molar-refractivity contribution is 0.762. The molecule has 0 bridgehead atoms. The Bertz CT molecular complexity index is 969. The van der Waals surface area contributed by atoms with Crippen molar-refractivity contribution in [2.75, 3.05) is 5.32 Å². The summed E-state index contributed by atoms with van der Waals surface area (Å²) < 4.78 is 2.61. The average molecular weight is 381 g/mol. The molecule has 2 aromatic heterocycles. The van der Waals surface area contributed by atoms with Gasteiger partial charge in [0.15, 0.2) is 10.2 Å². The first kappa shape index (κ1) is 16.7. The molecule has 0 aliphatic heterocycles. The average Bonchev–Trinajstić information content (AvgIpc) is 3.33. The van der Waals surface area contributed by atoms with Crippen LogP contribution in [0, 0.1) is 0 Å². The third-order valence-corrected chi connectivity index (χ3v) is 5.59. The Morgan fingerprint density at radius 1 is 0.962 bits per heavy atom. The van der Waals surface area contributed by atoms with E-state index in [0.717, 1.165) is 26.7 Å². The fourth-order valence-corrected chi connectivity index (χ4v) is 4.36. The molecule has 0 saturated heterocycles. The minimum atomic E-state index is 0.0303. The number of hydrogen-bond acceptors (Lipinski definition) is 8. The quantitative estimate of drug-likeness (QED) is 0.503. The molecule has 0 spiro atoms. The molecule has 4 aromatic rings. The summed E-state index contributed by atoms with van der Waals surface area (Å²) in [7, 11) is 0. The van der Waals surface area contributed by atoms with Gasteiger partial charge >= 0.3 is 0 Å². The Morgan fingerprint density at radius 3 is 2.46 bits per heavy atom. The number of thioether (sulfide) groups is 1. The number of anilines is 2. The lowest BCUT2D eigenvalue weighted by Gasteiger charge is -2.09. The number of benzene rings is 2. The van der Waals surface area contributed by atoms with Crippen molar-refractivity contribution in [3.63, 3.8) is 0 Å². The zero-order valence-corrected chi connectivity index (χ0v) is 15.5. The Hall–Kier alpha value is -2.78. The number of aromatic nitrogens is 6. The molecule has 0 aliphatic carbocycles. The molecule has 130 valence electrons. The van der Waals surface area contributed by atoms with Crippen molar-refractivity contribution < 1.29 is 0 Å². The van der Waals surface area contributed by atoms with Gasteiger partial charge in [-0.05, 0) is 41.6 Å². The summed E-state index contributed by atoms with van der Waals surface area (Å²) in [6, 6.07) is 19.8. The molecule has 9 heteroatoms. The molecule has 0 amide bonds. The molecule has 1 N–H and O–H groups in total. The van der Waals surface area contributed by atoms with Gasteiger partial charge in [-0.3, -0.25) is 0 Å². The standard InChI is InChI=1S/C17H15N7S2/c1-12(15-19-22-23-24(15)14-10-6-3-7-11-14)25-17-21-20-16(26-17)18-13-8-4-2-5-9-13/h2-12H,1H3,(H,18,20)/t12-/m1/s1. The van der Waals surface area contributed by atoms with E-state index in [1.807, 2.05) is 60.7 Å². The number of rotatable bonds is 6. The molecule has 4 rings (SSSR count). The zero-order chi connectivity index (χ0) is 17.8. The monoisotopic (exact) mass is 381 g/mol. The Morgan fingerprint density at radius 2 is 1.69 bits per heavy atom. The third-order valence-electron chi connectivity index (χ3n) is 3.57. The van der Waals surface area contributed by atoms with Crippen LogP contribution < -0.4 is 5.32 Å². The van der Waals surface area contributed by atoms with Gasteiger partial charge in [0, 0.05) is 5.69 Å². The van der Waals surface area contributed by atoms with Crippen LogP contribution in [0.5, 0.6) is 0 Å². The van der Waals surface area contributed by atoms with Crippen LogP contribution >= 0.6 is 23.1 Å². The van der Waals surface area contributed by atoms with Crippen LogP contribution in [0.1, 0.15) is 18.0 Å². The highest BCUT2D eigenvalue weighted by Gasteiger charge is 2.19. The zero-order valence-electron chi connectivity index (χ0n) is 13.9. The Balaban J connectivity index is 1.48. The van der Waals surface area contributed by atoms with E-state index >= 15 is 0 Å². The molecule has 0 unspecified atom stereocenters. The summed E-state index contributed by atoms with van der Waals surface area (Å²) in [6.07, 6.45) is 0. The van der Waals surface area contributed by atoms with Crippen LogP contribution in [-0.2, 0) is 0 Å². The van der Waals surface area contributed by atoms with Crippen molar-refractivity contribution in [3.05, 3.63) is 66.5 Å². The van der Waals surface area contributed by atoms with Gasteiger partial charge in [0.25, 0.3) is 0 Å². The Labute approximate surface area is 158 Å². The van der Waals surface area contributed by atoms with Crippen LogP contribution in [0.25, 0.3) is 5.69 Å². The highest BCUT2D eigenvalue weighted by Crippen LogP contribution is 2.37. The summed E-state index contributed by atoms with van der Waals surface area (Å²) in [5.41, 5.74) is 1.92. The number of tetrazole rings is 1. The molecule has 0 fully saturated rings. The van der Waals surface area contributed by atoms with Crippen LogP contribution in [0.2, 0.25) is 0 Å². The van der Waals surface area contributed by atoms with Gasteiger partial charge in [-0.15, -0.1) is 15.3 Å². The predicted octanol–water partition coefficient (Wildman–Crippen LogP) is 4.11. The summed E-state index contributed by atoms with van der Waals surface area (Å²) in [5.74, 6) is 0.772. The molecule has 2 aromatic carbocycles. The highest BCUT2D eigenvalue weighted by atomic mass is 32.2. The lowest BCUT2D eigenvalue weighted by Crippen LogP contribution is -2.04. The number of nitrogens with zero attached hydrogens (tertiary/aromatic N) is 6. The van der Waals surface area contributed by atoms with E-state index in [9.17, 15) is 0 Å². The highest BCUT2D eigenvalue weighted by molar-refractivity contribution is 8.01. The van der Waals surface area contributed by atoms with Crippen LogP contribution in [0.15, 0.2) is 65.0 Å². The minimum absolute atomic E-state index is 0.0303. The van der Waals surface area contributed by atoms with Crippen molar-refractivity contribution in [2.24, 2.45) is 0 Å². The first-order valence-corrected chi connectivity index (χ1v) is 9.65. The number of hydrogen-bond donors (Lipinski definition) is 1.